The lowest BCUT2D eigenvalue weighted by Gasteiger charge is -2.05. The van der Waals surface area contributed by atoms with E-state index < -0.39 is 0 Å². The number of hydrogen-bond acceptors (Lipinski definition) is 5. The number of ether oxygens (including phenoxy) is 1. The molecule has 1 heterocycles. The molecule has 1 rings (SSSR count). The summed E-state index contributed by atoms with van der Waals surface area (Å²) in [5, 5.41) is 3.65. The van der Waals surface area contributed by atoms with Crippen LogP contribution in [-0.2, 0) is 4.74 Å². The van der Waals surface area contributed by atoms with Gasteiger partial charge in [0.15, 0.2) is 0 Å². The smallest absolute Gasteiger partial charge is 0.343 e. The first-order valence-corrected chi connectivity index (χ1v) is 5.29. The van der Waals surface area contributed by atoms with Crippen LogP contribution in [0.3, 0.4) is 0 Å². The zero-order chi connectivity index (χ0) is 11.4. The van der Waals surface area contributed by atoms with Crippen molar-refractivity contribution in [2.45, 2.75) is 13.8 Å². The minimum absolute atomic E-state index is 0.247. The molecule has 0 amide bonds. The number of nitrogens with one attached hydrogen (secondary N) is 1. The predicted molar refractivity (Wildman–Crippen MR) is 61.5 cm³/mol. The second-order valence-corrected chi connectivity index (χ2v) is 4.03. The molecule has 4 nitrogen and oxygen atoms in total. The van der Waals surface area contributed by atoms with E-state index in [9.17, 15) is 4.79 Å². The number of esters is 1. The number of anilines is 1. The summed E-state index contributed by atoms with van der Waals surface area (Å²) in [6, 6.07) is 0. The molecule has 0 radical (unpaired) electrons. The first-order chi connectivity index (χ1) is 7.06. The maximum atomic E-state index is 11.7. The highest BCUT2D eigenvalue weighted by Crippen LogP contribution is 2.24. The molecule has 1 aromatic heterocycles. The number of aromatic nitrogens is 1. The van der Waals surface area contributed by atoms with Crippen molar-refractivity contribution < 1.29 is 9.53 Å². The number of hydrogen-bond donors (Lipinski definition) is 1. The largest absolute Gasteiger partial charge is 0.457 e. The van der Waals surface area contributed by atoms with Crippen molar-refractivity contribution in [2.75, 3.05) is 19.0 Å². The Hall–Kier alpha value is -1.36. The van der Waals surface area contributed by atoms with Crippen molar-refractivity contribution in [1.29, 1.82) is 0 Å². The van der Waals surface area contributed by atoms with E-state index in [0.717, 1.165) is 10.6 Å². The van der Waals surface area contributed by atoms with Gasteiger partial charge in [-0.05, 0) is 31.0 Å². The SMILES string of the molecule is C=C(C)COC(=O)c1c(C)nsc1NC. The molecular formula is C10H14N2O2S. The van der Waals surface area contributed by atoms with E-state index in [1.807, 2.05) is 6.92 Å². The summed E-state index contributed by atoms with van der Waals surface area (Å²) in [6.07, 6.45) is 0. The highest BCUT2D eigenvalue weighted by molar-refractivity contribution is 7.10. The van der Waals surface area contributed by atoms with Crippen LogP contribution in [0.1, 0.15) is 23.0 Å². The monoisotopic (exact) mass is 226 g/mol. The van der Waals surface area contributed by atoms with E-state index in [4.69, 9.17) is 4.74 Å². The van der Waals surface area contributed by atoms with Gasteiger partial charge >= 0.3 is 5.97 Å². The predicted octanol–water partition coefficient (Wildman–Crippen LogP) is 2.23. The molecule has 5 heteroatoms. The third-order valence-electron chi connectivity index (χ3n) is 1.74. The number of carbonyl (C=O) groups is 1. The fraction of sp³-hybridized carbons (Fsp3) is 0.400. The van der Waals surface area contributed by atoms with Crippen LogP contribution in [0.25, 0.3) is 0 Å². The number of rotatable bonds is 4. The zero-order valence-corrected chi connectivity index (χ0v) is 9.90. The van der Waals surface area contributed by atoms with Crippen LogP contribution < -0.4 is 5.32 Å². The first kappa shape index (κ1) is 11.7. The Bertz CT molecular complexity index is 385. The summed E-state index contributed by atoms with van der Waals surface area (Å²) in [5.41, 5.74) is 2.02. The second kappa shape index (κ2) is 4.93. The van der Waals surface area contributed by atoms with Crippen molar-refractivity contribution in [1.82, 2.24) is 4.37 Å². The van der Waals surface area contributed by atoms with Gasteiger partial charge in [0.25, 0.3) is 0 Å². The average molecular weight is 226 g/mol. The molecule has 0 aliphatic carbocycles. The average Bonchev–Trinajstić information content (AvgIpc) is 2.56. The molecule has 0 unspecified atom stereocenters. The van der Waals surface area contributed by atoms with E-state index in [-0.39, 0.29) is 12.6 Å². The van der Waals surface area contributed by atoms with Gasteiger partial charge in [0.05, 0.1) is 5.69 Å². The van der Waals surface area contributed by atoms with Crippen LogP contribution in [0.4, 0.5) is 5.00 Å². The molecule has 0 bridgehead atoms. The summed E-state index contributed by atoms with van der Waals surface area (Å²) in [7, 11) is 1.75. The zero-order valence-electron chi connectivity index (χ0n) is 9.09. The van der Waals surface area contributed by atoms with Gasteiger partial charge in [0.1, 0.15) is 17.2 Å². The van der Waals surface area contributed by atoms with Gasteiger partial charge in [-0.25, -0.2) is 4.79 Å². The van der Waals surface area contributed by atoms with E-state index in [1.54, 1.807) is 14.0 Å². The minimum Gasteiger partial charge on any atom is -0.457 e. The molecule has 0 fully saturated rings. The minimum atomic E-state index is -0.353. The Morgan fingerprint density at radius 1 is 1.67 bits per heavy atom. The van der Waals surface area contributed by atoms with Crippen LogP contribution in [0.5, 0.6) is 0 Å². The second-order valence-electron chi connectivity index (χ2n) is 3.26. The summed E-state index contributed by atoms with van der Waals surface area (Å²) in [6.45, 7) is 7.51. The van der Waals surface area contributed by atoms with Gasteiger partial charge in [-0.1, -0.05) is 6.58 Å². The number of nitrogens with zero attached hydrogens (tertiary/aromatic N) is 1. The van der Waals surface area contributed by atoms with Crippen LogP contribution in [0, 0.1) is 6.92 Å². The van der Waals surface area contributed by atoms with Crippen molar-refractivity contribution in [3.8, 4) is 0 Å². The molecule has 0 spiro atoms. The third-order valence-corrected chi connectivity index (χ3v) is 2.70. The van der Waals surface area contributed by atoms with Crippen molar-refractivity contribution in [3.63, 3.8) is 0 Å². The van der Waals surface area contributed by atoms with Gasteiger partial charge in [-0.15, -0.1) is 0 Å². The Kier molecular flexibility index (Phi) is 3.85. The topological polar surface area (TPSA) is 51.2 Å². The summed E-state index contributed by atoms with van der Waals surface area (Å²) >= 11 is 1.25. The Morgan fingerprint density at radius 2 is 2.33 bits per heavy atom. The molecule has 0 saturated carbocycles. The summed E-state index contributed by atoms with van der Waals surface area (Å²) in [5.74, 6) is -0.353. The van der Waals surface area contributed by atoms with Crippen molar-refractivity contribution in [3.05, 3.63) is 23.4 Å². The van der Waals surface area contributed by atoms with Gasteiger partial charge in [0.2, 0.25) is 0 Å². The number of carbonyl (C=O) groups excluding carboxylic acids is 1. The molecule has 0 atom stereocenters. The maximum Gasteiger partial charge on any atom is 0.343 e. The van der Waals surface area contributed by atoms with E-state index in [0.29, 0.717) is 11.3 Å². The van der Waals surface area contributed by atoms with Crippen LogP contribution in [0.15, 0.2) is 12.2 Å². The molecule has 82 valence electrons. The molecule has 0 aliphatic heterocycles. The summed E-state index contributed by atoms with van der Waals surface area (Å²) in [4.78, 5) is 11.7. The van der Waals surface area contributed by atoms with Crippen molar-refractivity contribution >= 4 is 22.5 Å². The van der Waals surface area contributed by atoms with Gasteiger partial charge in [0, 0.05) is 7.05 Å². The summed E-state index contributed by atoms with van der Waals surface area (Å²) < 4.78 is 9.15. The fourth-order valence-electron chi connectivity index (χ4n) is 1.04. The van der Waals surface area contributed by atoms with Gasteiger partial charge < -0.3 is 10.1 Å². The van der Waals surface area contributed by atoms with E-state index in [2.05, 4.69) is 16.3 Å². The molecule has 1 N–H and O–H groups in total. The van der Waals surface area contributed by atoms with E-state index >= 15 is 0 Å². The highest BCUT2D eigenvalue weighted by Gasteiger charge is 2.18. The quantitative estimate of drug-likeness (QED) is 0.632. The van der Waals surface area contributed by atoms with Crippen LogP contribution >= 0.6 is 11.5 Å². The fourth-order valence-corrected chi connectivity index (χ4v) is 1.77. The van der Waals surface area contributed by atoms with Crippen LogP contribution in [-0.4, -0.2) is 24.0 Å². The molecule has 1 aromatic rings. The van der Waals surface area contributed by atoms with Gasteiger partial charge in [-0.3, -0.25) is 0 Å². The Labute approximate surface area is 93.1 Å². The lowest BCUT2D eigenvalue weighted by molar-refractivity contribution is 0.0541. The van der Waals surface area contributed by atoms with Gasteiger partial charge in [-0.2, -0.15) is 4.37 Å². The normalized spacial score (nSPS) is 9.80. The molecule has 0 aromatic carbocycles. The standard InChI is InChI=1S/C10H14N2O2S/c1-6(2)5-14-10(13)8-7(3)12-15-9(8)11-4/h11H,1,5H2,2-4H3. The Balaban J connectivity index is 2.80. The number of aryl methyl sites for hydroxylation is 1. The highest BCUT2D eigenvalue weighted by atomic mass is 32.1. The lowest BCUT2D eigenvalue weighted by Crippen LogP contribution is -2.09. The third kappa shape index (κ3) is 2.79. The first-order valence-electron chi connectivity index (χ1n) is 4.51. The molecular weight excluding hydrogens is 212 g/mol. The van der Waals surface area contributed by atoms with Crippen LogP contribution in [0.2, 0.25) is 0 Å². The maximum absolute atomic E-state index is 11.7. The molecule has 0 saturated heterocycles. The van der Waals surface area contributed by atoms with E-state index in [1.165, 1.54) is 11.5 Å². The molecule has 0 aliphatic rings. The lowest BCUT2D eigenvalue weighted by atomic mass is 10.2. The Morgan fingerprint density at radius 3 is 2.87 bits per heavy atom. The van der Waals surface area contributed by atoms with Crippen molar-refractivity contribution in [2.24, 2.45) is 0 Å². The molecule has 15 heavy (non-hydrogen) atoms.